The fourth-order valence-electron chi connectivity index (χ4n) is 7.66. The SMILES string of the molecule is CC(C)(C)c1ccc2c(c1)[CH]([Hf]([CH3])([CH3])(=[CH]C1CCCCC1)[CH]1C=CC=C1)c1cc(C(C)(C)C)ccc1-2. The summed E-state index contributed by atoms with van der Waals surface area (Å²) in [5.74, 6) is 0.788. The van der Waals surface area contributed by atoms with Gasteiger partial charge in [0.05, 0.1) is 0 Å². The Kier molecular flexibility index (Phi) is 6.47. The summed E-state index contributed by atoms with van der Waals surface area (Å²) in [5.41, 5.74) is 9.51. The van der Waals surface area contributed by atoms with Crippen LogP contribution in [0.3, 0.4) is 0 Å². The first-order valence-corrected chi connectivity index (χ1v) is 27.9. The van der Waals surface area contributed by atoms with E-state index in [0.717, 1.165) is 5.92 Å². The van der Waals surface area contributed by atoms with Crippen molar-refractivity contribution in [2.75, 3.05) is 0 Å². The Hall–Kier alpha value is -1.34. The zero-order chi connectivity index (χ0) is 26.0. The van der Waals surface area contributed by atoms with Crippen LogP contribution in [0.25, 0.3) is 11.1 Å². The van der Waals surface area contributed by atoms with Crippen LogP contribution in [-0.2, 0) is 28.8 Å². The standard InChI is InChI=1S/C21H25.C7H12.C5H5.2CH3.Hf/c1-20(2,3)16-7-9-18-14(12-16)11-15-13-17(21(4,5)6)8-10-19(15)18;1-7-5-3-2-4-6-7;1-2-4-5-3-1;;;/h7-13H,1-6H3;1,7H,2-6H2;1-5H;2*1H3;. The molecule has 3 aliphatic carbocycles. The molecule has 2 aromatic rings. The zero-order valence-electron chi connectivity index (χ0n) is 24.1. The van der Waals surface area contributed by atoms with Crippen molar-refractivity contribution in [3.63, 3.8) is 0 Å². The third kappa shape index (κ3) is 4.46. The van der Waals surface area contributed by atoms with Gasteiger partial charge in [0.15, 0.2) is 0 Å². The molecule has 36 heavy (non-hydrogen) atoms. The first kappa shape index (κ1) is 26.3. The maximum atomic E-state index is 3.05. The predicted octanol–water partition coefficient (Wildman–Crippen LogP) is 10.4. The van der Waals surface area contributed by atoms with Crippen LogP contribution in [-0.4, -0.2) is 3.76 Å². The van der Waals surface area contributed by atoms with Gasteiger partial charge in [-0.1, -0.05) is 0 Å². The Labute approximate surface area is 221 Å². The summed E-state index contributed by atoms with van der Waals surface area (Å²) in [4.78, 5) is 0. The minimum atomic E-state index is -3.81. The number of hydrogen-bond acceptors (Lipinski definition) is 0. The molecule has 3 aliphatic rings. The van der Waals surface area contributed by atoms with Crippen LogP contribution in [0, 0.1) is 5.92 Å². The van der Waals surface area contributed by atoms with Gasteiger partial charge in [0.2, 0.25) is 0 Å². The molecule has 0 aliphatic heterocycles. The van der Waals surface area contributed by atoms with E-state index >= 15 is 0 Å². The van der Waals surface area contributed by atoms with Crippen molar-refractivity contribution in [3.8, 4) is 11.1 Å². The summed E-state index contributed by atoms with van der Waals surface area (Å²) in [6, 6.07) is 15.0. The van der Waals surface area contributed by atoms with Crippen LogP contribution in [0.4, 0.5) is 0 Å². The molecule has 0 N–H and O–H groups in total. The van der Waals surface area contributed by atoms with E-state index in [9.17, 15) is 0 Å². The number of benzene rings is 2. The normalized spacial score (nSPS) is 19.6. The average Bonchev–Trinajstić information content (AvgIpc) is 3.45. The Morgan fingerprint density at radius 1 is 0.694 bits per heavy atom. The number of hydrogen-bond donors (Lipinski definition) is 0. The summed E-state index contributed by atoms with van der Waals surface area (Å²) in [7, 11) is 0. The van der Waals surface area contributed by atoms with Crippen molar-refractivity contribution >= 4 is 3.76 Å². The molecule has 0 aromatic heterocycles. The molecule has 0 heterocycles. The van der Waals surface area contributed by atoms with Crippen molar-refractivity contribution in [2.45, 2.75) is 101 Å². The van der Waals surface area contributed by atoms with Gasteiger partial charge in [0.25, 0.3) is 0 Å². The van der Waals surface area contributed by atoms with Crippen LogP contribution >= 0.6 is 0 Å². The molecular weight excluding hydrogens is 599 g/mol. The van der Waals surface area contributed by atoms with Crippen molar-refractivity contribution in [2.24, 2.45) is 5.92 Å². The number of rotatable bonds is 3. The van der Waals surface area contributed by atoms with Crippen LogP contribution in [0.1, 0.15) is 99.6 Å². The second-order valence-electron chi connectivity index (χ2n) is 15.1. The second kappa shape index (κ2) is 8.86. The Morgan fingerprint density at radius 3 is 1.61 bits per heavy atom. The van der Waals surface area contributed by atoms with Crippen LogP contribution in [0.5, 0.6) is 0 Å². The van der Waals surface area contributed by atoms with E-state index in [1.54, 1.807) is 11.1 Å². The van der Waals surface area contributed by atoms with E-state index < -0.39 is 18.0 Å². The van der Waals surface area contributed by atoms with Crippen LogP contribution in [0.2, 0.25) is 13.0 Å². The summed E-state index contributed by atoms with van der Waals surface area (Å²) < 4.78 is 9.82. The van der Waals surface area contributed by atoms with Gasteiger partial charge < -0.3 is 0 Å². The van der Waals surface area contributed by atoms with E-state index in [2.05, 4.69) is 115 Å². The molecule has 0 atom stereocenters. The monoisotopic (exact) mass is 648 g/mol. The van der Waals surface area contributed by atoms with Gasteiger partial charge in [-0.25, -0.2) is 0 Å². The zero-order valence-corrected chi connectivity index (χ0v) is 27.7. The van der Waals surface area contributed by atoms with Crippen LogP contribution in [0.15, 0.2) is 60.7 Å². The van der Waals surface area contributed by atoms with E-state index in [-0.39, 0.29) is 10.8 Å². The Bertz CT molecular complexity index is 1210. The maximum absolute atomic E-state index is 3.81. The van der Waals surface area contributed by atoms with E-state index in [4.69, 9.17) is 0 Å². The van der Waals surface area contributed by atoms with Gasteiger partial charge >= 0.3 is 223 Å². The second-order valence-corrected chi connectivity index (χ2v) is 40.4. The Balaban J connectivity index is 1.83. The predicted molar refractivity (Wildman–Crippen MR) is 158 cm³/mol. The van der Waals surface area contributed by atoms with Crippen molar-refractivity contribution in [1.82, 2.24) is 0 Å². The van der Waals surface area contributed by atoms with Gasteiger partial charge in [-0.3, -0.25) is 0 Å². The van der Waals surface area contributed by atoms with Crippen molar-refractivity contribution in [3.05, 3.63) is 83.0 Å². The van der Waals surface area contributed by atoms with Crippen molar-refractivity contribution in [1.29, 1.82) is 0 Å². The molecule has 1 heteroatoms. The van der Waals surface area contributed by atoms with E-state index in [1.165, 1.54) is 54.4 Å². The molecule has 2 aromatic carbocycles. The van der Waals surface area contributed by atoms with Gasteiger partial charge in [0.1, 0.15) is 0 Å². The molecule has 0 bridgehead atoms. The molecule has 0 radical (unpaired) electrons. The molecule has 0 saturated heterocycles. The first-order chi connectivity index (χ1) is 16.8. The van der Waals surface area contributed by atoms with Gasteiger partial charge in [-0.2, -0.15) is 0 Å². The molecule has 1 fully saturated rings. The topological polar surface area (TPSA) is 0 Å². The van der Waals surface area contributed by atoms with E-state index in [0.29, 0.717) is 7.35 Å². The summed E-state index contributed by atoms with van der Waals surface area (Å²) >= 11 is -3.81. The molecular formula is C35H48Hf. The van der Waals surface area contributed by atoms with Gasteiger partial charge in [-0.15, -0.1) is 0 Å². The minimum absolute atomic E-state index is 0.152. The molecule has 0 nitrogen and oxygen atoms in total. The quantitative estimate of drug-likeness (QED) is 0.291. The van der Waals surface area contributed by atoms with Crippen molar-refractivity contribution < 1.29 is 18.0 Å². The molecule has 0 spiro atoms. The fraction of sp³-hybridized carbons (Fsp3) is 0.514. The molecule has 5 rings (SSSR count). The fourth-order valence-corrected chi connectivity index (χ4v) is 31.0. The molecule has 0 amide bonds. The Morgan fingerprint density at radius 2 is 1.17 bits per heavy atom. The summed E-state index contributed by atoms with van der Waals surface area (Å²) in [6.07, 6.45) is 16.8. The van der Waals surface area contributed by atoms with Gasteiger partial charge in [-0.05, 0) is 0 Å². The molecule has 192 valence electrons. The van der Waals surface area contributed by atoms with E-state index in [1.807, 2.05) is 0 Å². The summed E-state index contributed by atoms with van der Waals surface area (Å²) in [6.45, 7) is 14.2. The first-order valence-electron chi connectivity index (χ1n) is 14.5. The third-order valence-corrected chi connectivity index (χ3v) is 33.1. The average molecular weight is 647 g/mol. The molecule has 1 saturated carbocycles. The van der Waals surface area contributed by atoms with Crippen LogP contribution < -0.4 is 0 Å². The van der Waals surface area contributed by atoms with Gasteiger partial charge in [0, 0.05) is 0 Å². The number of fused-ring (bicyclic) bond motifs is 3. The summed E-state index contributed by atoms with van der Waals surface area (Å²) in [5, 5.41) is 0. The third-order valence-electron chi connectivity index (χ3n) is 9.87. The molecule has 0 unspecified atom stereocenters. The number of allylic oxidation sites excluding steroid dienone is 4.